The van der Waals surface area contributed by atoms with Gasteiger partial charge in [-0.3, -0.25) is 0 Å². The van der Waals surface area contributed by atoms with Gasteiger partial charge in [0.1, 0.15) is 5.82 Å². The van der Waals surface area contributed by atoms with Crippen molar-refractivity contribution in [1.29, 1.82) is 0 Å². The molecule has 0 fully saturated rings. The fourth-order valence-corrected chi connectivity index (χ4v) is 5.04. The molecule has 2 heterocycles. The summed E-state index contributed by atoms with van der Waals surface area (Å²) in [7, 11) is 0. The van der Waals surface area contributed by atoms with Gasteiger partial charge in [-0.1, -0.05) is 65.8 Å². The number of aromatic nitrogens is 4. The van der Waals surface area contributed by atoms with E-state index in [0.717, 1.165) is 51.8 Å². The molecule has 0 amide bonds. The Labute approximate surface area is 184 Å². The summed E-state index contributed by atoms with van der Waals surface area (Å²) in [5.41, 5.74) is 3.55. The molecular formula is C22H21ClN4S2. The van der Waals surface area contributed by atoms with E-state index in [9.17, 15) is 0 Å². The van der Waals surface area contributed by atoms with Crippen LogP contribution in [0.4, 0.5) is 0 Å². The third-order valence-corrected chi connectivity index (χ3v) is 6.68. The van der Waals surface area contributed by atoms with Crippen LogP contribution >= 0.6 is 34.7 Å². The molecule has 7 heteroatoms. The summed E-state index contributed by atoms with van der Waals surface area (Å²) in [5, 5.41) is 13.8. The molecule has 0 aliphatic rings. The van der Waals surface area contributed by atoms with Crippen molar-refractivity contribution >= 4 is 34.7 Å². The summed E-state index contributed by atoms with van der Waals surface area (Å²) in [4.78, 5) is 4.78. The predicted octanol–water partition coefficient (Wildman–Crippen LogP) is 5.88. The first kappa shape index (κ1) is 20.1. The highest BCUT2D eigenvalue weighted by Crippen LogP contribution is 2.25. The zero-order valence-electron chi connectivity index (χ0n) is 16.1. The van der Waals surface area contributed by atoms with Crippen LogP contribution in [0.2, 0.25) is 5.02 Å². The van der Waals surface area contributed by atoms with E-state index in [0.29, 0.717) is 0 Å². The Hall–Kier alpha value is -2.15. The molecule has 0 aliphatic carbocycles. The van der Waals surface area contributed by atoms with Gasteiger partial charge >= 0.3 is 0 Å². The minimum absolute atomic E-state index is 0.761. The van der Waals surface area contributed by atoms with Crippen LogP contribution in [0.1, 0.15) is 34.6 Å². The molecule has 4 nitrogen and oxygen atoms in total. The molecule has 0 N–H and O–H groups in total. The molecule has 0 unspecified atom stereocenters. The first-order chi connectivity index (χ1) is 14.2. The Morgan fingerprint density at radius 3 is 2.48 bits per heavy atom. The number of thioether (sulfide) groups is 1. The molecule has 0 spiro atoms. The number of benzene rings is 2. The van der Waals surface area contributed by atoms with Gasteiger partial charge < -0.3 is 4.57 Å². The molecular weight excluding hydrogens is 420 g/mol. The maximum absolute atomic E-state index is 5.96. The van der Waals surface area contributed by atoms with Gasteiger partial charge in [0, 0.05) is 35.5 Å². The van der Waals surface area contributed by atoms with Crippen molar-refractivity contribution < 1.29 is 0 Å². The van der Waals surface area contributed by atoms with Gasteiger partial charge in [0.15, 0.2) is 5.16 Å². The molecule has 0 bridgehead atoms. The van der Waals surface area contributed by atoms with E-state index in [1.807, 2.05) is 18.2 Å². The molecule has 4 aromatic rings. The standard InChI is InChI=1S/C22H21ClN4S2/c1-2-27-20(12-16-6-4-3-5-7-16)25-26-22(27)29-15-19-14-28-21(24-19)13-17-8-10-18(23)11-9-17/h3-11,14H,2,12-13,15H2,1H3. The summed E-state index contributed by atoms with van der Waals surface area (Å²) in [6, 6.07) is 18.3. The van der Waals surface area contributed by atoms with Crippen LogP contribution in [-0.2, 0) is 25.1 Å². The van der Waals surface area contributed by atoms with Gasteiger partial charge in [0.25, 0.3) is 0 Å². The Balaban J connectivity index is 1.39. The summed E-state index contributed by atoms with van der Waals surface area (Å²) in [6.45, 7) is 2.99. The number of hydrogen-bond acceptors (Lipinski definition) is 5. The van der Waals surface area contributed by atoms with Crippen molar-refractivity contribution in [1.82, 2.24) is 19.7 Å². The average molecular weight is 441 g/mol. The van der Waals surface area contributed by atoms with E-state index in [-0.39, 0.29) is 0 Å². The van der Waals surface area contributed by atoms with Gasteiger partial charge in [0.2, 0.25) is 0 Å². The third-order valence-electron chi connectivity index (χ3n) is 4.53. The molecule has 148 valence electrons. The molecule has 4 rings (SSSR count). The fourth-order valence-electron chi connectivity index (χ4n) is 3.06. The number of thiazole rings is 1. The summed E-state index contributed by atoms with van der Waals surface area (Å²) >= 11 is 9.36. The van der Waals surface area contributed by atoms with E-state index in [2.05, 4.69) is 63.5 Å². The summed E-state index contributed by atoms with van der Waals surface area (Å²) in [6.07, 6.45) is 1.63. The zero-order chi connectivity index (χ0) is 20.1. The number of nitrogens with zero attached hydrogens (tertiary/aromatic N) is 4. The predicted molar refractivity (Wildman–Crippen MR) is 121 cm³/mol. The lowest BCUT2D eigenvalue weighted by molar-refractivity contribution is 0.651. The second-order valence-electron chi connectivity index (χ2n) is 6.63. The van der Waals surface area contributed by atoms with E-state index < -0.39 is 0 Å². The normalized spacial score (nSPS) is 11.1. The van der Waals surface area contributed by atoms with Crippen LogP contribution in [0.15, 0.2) is 65.1 Å². The number of hydrogen-bond donors (Lipinski definition) is 0. The second-order valence-corrected chi connectivity index (χ2v) is 8.95. The van der Waals surface area contributed by atoms with E-state index in [1.54, 1.807) is 23.1 Å². The average Bonchev–Trinajstić information content (AvgIpc) is 3.35. The van der Waals surface area contributed by atoms with Gasteiger partial charge in [-0.25, -0.2) is 4.98 Å². The van der Waals surface area contributed by atoms with Crippen molar-refractivity contribution in [3.63, 3.8) is 0 Å². The first-order valence-electron chi connectivity index (χ1n) is 9.48. The Bertz CT molecular complexity index is 1060. The van der Waals surface area contributed by atoms with Crippen LogP contribution < -0.4 is 0 Å². The third kappa shape index (κ3) is 5.26. The van der Waals surface area contributed by atoms with Crippen molar-refractivity contribution in [2.45, 2.75) is 37.2 Å². The molecule has 29 heavy (non-hydrogen) atoms. The smallest absolute Gasteiger partial charge is 0.191 e. The molecule has 0 atom stereocenters. The molecule has 0 radical (unpaired) electrons. The van der Waals surface area contributed by atoms with Crippen LogP contribution in [0.5, 0.6) is 0 Å². The van der Waals surface area contributed by atoms with Crippen LogP contribution in [-0.4, -0.2) is 19.7 Å². The molecule has 2 aromatic heterocycles. The second kappa shape index (κ2) is 9.57. The van der Waals surface area contributed by atoms with Gasteiger partial charge in [-0.2, -0.15) is 0 Å². The maximum atomic E-state index is 5.96. The summed E-state index contributed by atoms with van der Waals surface area (Å²) in [5.74, 6) is 1.79. The Morgan fingerprint density at radius 1 is 0.966 bits per heavy atom. The highest BCUT2D eigenvalue weighted by atomic mass is 35.5. The topological polar surface area (TPSA) is 43.6 Å². The van der Waals surface area contributed by atoms with E-state index >= 15 is 0 Å². The van der Waals surface area contributed by atoms with Crippen molar-refractivity contribution in [2.24, 2.45) is 0 Å². The fraction of sp³-hybridized carbons (Fsp3) is 0.227. The highest BCUT2D eigenvalue weighted by molar-refractivity contribution is 7.98. The largest absolute Gasteiger partial charge is 0.306 e. The SMILES string of the molecule is CCn1c(Cc2ccccc2)nnc1SCc1csc(Cc2ccc(Cl)cc2)n1. The lowest BCUT2D eigenvalue weighted by Crippen LogP contribution is -2.04. The molecule has 0 saturated carbocycles. The van der Waals surface area contributed by atoms with E-state index in [1.165, 1.54) is 11.1 Å². The Kier molecular flexibility index (Phi) is 6.64. The minimum atomic E-state index is 0.761. The molecule has 0 aliphatic heterocycles. The molecule has 2 aromatic carbocycles. The van der Waals surface area contributed by atoms with E-state index in [4.69, 9.17) is 16.6 Å². The number of rotatable bonds is 8. The van der Waals surface area contributed by atoms with Crippen LogP contribution in [0, 0.1) is 0 Å². The highest BCUT2D eigenvalue weighted by Gasteiger charge is 2.13. The summed E-state index contributed by atoms with van der Waals surface area (Å²) < 4.78 is 2.19. The molecule has 0 saturated heterocycles. The number of halogens is 1. The van der Waals surface area contributed by atoms with Gasteiger partial charge in [0.05, 0.1) is 10.7 Å². The zero-order valence-corrected chi connectivity index (χ0v) is 18.5. The maximum Gasteiger partial charge on any atom is 0.191 e. The quantitative estimate of drug-likeness (QED) is 0.321. The van der Waals surface area contributed by atoms with Crippen molar-refractivity contribution in [3.8, 4) is 0 Å². The van der Waals surface area contributed by atoms with Gasteiger partial charge in [-0.15, -0.1) is 21.5 Å². The van der Waals surface area contributed by atoms with Crippen LogP contribution in [0.3, 0.4) is 0 Å². The Morgan fingerprint density at radius 2 is 1.72 bits per heavy atom. The lowest BCUT2D eigenvalue weighted by Gasteiger charge is -2.07. The van der Waals surface area contributed by atoms with Gasteiger partial charge in [-0.05, 0) is 30.2 Å². The van der Waals surface area contributed by atoms with Crippen molar-refractivity contribution in [3.05, 3.63) is 92.7 Å². The minimum Gasteiger partial charge on any atom is -0.306 e. The lowest BCUT2D eigenvalue weighted by atomic mass is 10.1. The van der Waals surface area contributed by atoms with Crippen LogP contribution in [0.25, 0.3) is 0 Å². The van der Waals surface area contributed by atoms with Crippen molar-refractivity contribution in [2.75, 3.05) is 0 Å². The first-order valence-corrected chi connectivity index (χ1v) is 11.7. The monoisotopic (exact) mass is 440 g/mol.